The summed E-state index contributed by atoms with van der Waals surface area (Å²) in [7, 11) is 1.60. The number of rotatable bonds is 9. The zero-order chi connectivity index (χ0) is 30.3. The number of ether oxygens (including phenoxy) is 2. The number of hydrogen-bond donors (Lipinski definition) is 2. The second-order valence-electron chi connectivity index (χ2n) is 11.1. The van der Waals surface area contributed by atoms with Crippen LogP contribution in [0.25, 0.3) is 0 Å². The first-order valence-corrected chi connectivity index (χ1v) is 16.3. The van der Waals surface area contributed by atoms with Crippen LogP contribution in [0.5, 0.6) is 5.75 Å². The fraction of sp³-hybridized carbons (Fsp3) is 0.567. The van der Waals surface area contributed by atoms with Gasteiger partial charge in [-0.15, -0.1) is 22.9 Å². The molecule has 2 aliphatic heterocycles. The number of hydrogen-bond acceptors (Lipinski definition) is 8. The molecule has 43 heavy (non-hydrogen) atoms. The SMILES string of the molecule is CNC(=O)[C@H]1CCCC[C@H]1C(=O)N1CCc2cccc(O[C@H]3CCN(C(=O)c4cncs4)C3)c2[C@H]1CNC(=O)OCCCl. The Morgan fingerprint density at radius 2 is 1.93 bits per heavy atom. The average Bonchev–Trinajstić information content (AvgIpc) is 3.75. The van der Waals surface area contributed by atoms with E-state index in [1.54, 1.807) is 28.6 Å². The molecule has 0 spiro atoms. The third-order valence-electron chi connectivity index (χ3n) is 8.56. The fourth-order valence-electron chi connectivity index (χ4n) is 6.48. The standard InChI is InChI=1S/C30H38ClN5O6S/c1-32-27(37)21-6-2-3-7-22(21)28(38)36-13-9-19-5-4-8-24(26(19)23(36)15-34-30(40)41-14-11-31)42-20-10-12-35(17-20)29(39)25-16-33-18-43-25/h4-5,8,16,18,20-23H,2-3,6-7,9-15,17H2,1H3,(H,32,37)(H,34,40)/t20-,21-,22+,23+/m0/s1. The zero-order valence-corrected chi connectivity index (χ0v) is 25.8. The van der Waals surface area contributed by atoms with Gasteiger partial charge in [0.1, 0.15) is 23.3 Å². The molecule has 1 aliphatic carbocycles. The maximum atomic E-state index is 14.2. The number of nitrogens with zero attached hydrogens (tertiary/aromatic N) is 3. The first-order chi connectivity index (χ1) is 20.9. The van der Waals surface area contributed by atoms with Gasteiger partial charge < -0.3 is 29.9 Å². The number of benzene rings is 1. The highest BCUT2D eigenvalue weighted by molar-refractivity contribution is 7.11. The van der Waals surface area contributed by atoms with Crippen LogP contribution < -0.4 is 15.4 Å². The van der Waals surface area contributed by atoms with Crippen molar-refractivity contribution in [3.05, 3.63) is 45.9 Å². The Bertz CT molecular complexity index is 1310. The number of alkyl carbamates (subject to hydrolysis) is 1. The van der Waals surface area contributed by atoms with Crippen molar-refractivity contribution >= 4 is 46.8 Å². The molecular formula is C30H38ClN5O6S. The number of aromatic nitrogens is 1. The predicted molar refractivity (Wildman–Crippen MR) is 161 cm³/mol. The number of halogens is 1. The van der Waals surface area contributed by atoms with Gasteiger partial charge in [0.25, 0.3) is 5.91 Å². The second-order valence-corrected chi connectivity index (χ2v) is 12.4. The van der Waals surface area contributed by atoms with Crippen LogP contribution in [0.1, 0.15) is 58.9 Å². The molecule has 4 atom stereocenters. The third-order valence-corrected chi connectivity index (χ3v) is 9.47. The molecule has 1 saturated carbocycles. The summed E-state index contributed by atoms with van der Waals surface area (Å²) >= 11 is 7.00. The van der Waals surface area contributed by atoms with Gasteiger partial charge in [0, 0.05) is 50.5 Å². The summed E-state index contributed by atoms with van der Waals surface area (Å²) in [6.07, 6.45) is 5.11. The van der Waals surface area contributed by atoms with E-state index in [4.69, 9.17) is 21.1 Å². The van der Waals surface area contributed by atoms with Crippen LogP contribution in [0, 0.1) is 11.8 Å². The minimum atomic E-state index is -0.618. The van der Waals surface area contributed by atoms with E-state index in [9.17, 15) is 19.2 Å². The molecule has 1 aromatic heterocycles. The van der Waals surface area contributed by atoms with E-state index in [-0.39, 0.29) is 48.8 Å². The highest BCUT2D eigenvalue weighted by Crippen LogP contribution is 2.40. The van der Waals surface area contributed by atoms with Gasteiger partial charge >= 0.3 is 6.09 Å². The largest absolute Gasteiger partial charge is 0.488 e. The summed E-state index contributed by atoms with van der Waals surface area (Å²) in [5, 5.41) is 5.55. The van der Waals surface area contributed by atoms with Crippen molar-refractivity contribution in [2.45, 2.75) is 50.7 Å². The molecule has 0 bridgehead atoms. The minimum absolute atomic E-state index is 0.0591. The van der Waals surface area contributed by atoms with E-state index in [2.05, 4.69) is 15.6 Å². The molecule has 4 amide bonds. The van der Waals surface area contributed by atoms with Crippen molar-refractivity contribution in [3.8, 4) is 5.75 Å². The van der Waals surface area contributed by atoms with Gasteiger partial charge in [-0.3, -0.25) is 19.4 Å². The molecule has 3 heterocycles. The highest BCUT2D eigenvalue weighted by Gasteiger charge is 2.42. The first-order valence-electron chi connectivity index (χ1n) is 14.9. The third kappa shape index (κ3) is 7.06. The summed E-state index contributed by atoms with van der Waals surface area (Å²) in [6, 6.07) is 5.31. The highest BCUT2D eigenvalue weighted by atomic mass is 35.5. The quantitative estimate of drug-likeness (QED) is 0.406. The first kappa shape index (κ1) is 31.1. The lowest BCUT2D eigenvalue weighted by Gasteiger charge is -2.42. The predicted octanol–water partition coefficient (Wildman–Crippen LogP) is 3.38. The zero-order valence-electron chi connectivity index (χ0n) is 24.3. The van der Waals surface area contributed by atoms with Crippen molar-refractivity contribution in [2.75, 3.05) is 45.7 Å². The van der Waals surface area contributed by atoms with Crippen molar-refractivity contribution in [1.29, 1.82) is 0 Å². The van der Waals surface area contributed by atoms with E-state index < -0.39 is 18.1 Å². The molecule has 0 unspecified atom stereocenters. The number of fused-ring (bicyclic) bond motifs is 1. The van der Waals surface area contributed by atoms with Crippen LogP contribution >= 0.6 is 22.9 Å². The van der Waals surface area contributed by atoms with E-state index >= 15 is 0 Å². The van der Waals surface area contributed by atoms with E-state index in [1.165, 1.54) is 11.3 Å². The van der Waals surface area contributed by atoms with Crippen molar-refractivity contribution < 1.29 is 28.7 Å². The van der Waals surface area contributed by atoms with Gasteiger partial charge in [-0.05, 0) is 30.9 Å². The molecule has 5 rings (SSSR count). The summed E-state index contributed by atoms with van der Waals surface area (Å²) in [5.41, 5.74) is 3.51. The lowest BCUT2D eigenvalue weighted by Crippen LogP contribution is -2.50. The Hall–Kier alpha value is -3.38. The molecule has 1 aromatic carbocycles. The number of likely N-dealkylation sites (tertiary alicyclic amines) is 1. The Morgan fingerprint density at radius 3 is 2.67 bits per heavy atom. The van der Waals surface area contributed by atoms with E-state index in [0.717, 1.165) is 24.0 Å². The van der Waals surface area contributed by atoms with Crippen LogP contribution in [0.3, 0.4) is 0 Å². The number of nitrogens with one attached hydrogen (secondary N) is 2. The molecule has 11 nitrogen and oxygen atoms in total. The Morgan fingerprint density at radius 1 is 1.12 bits per heavy atom. The van der Waals surface area contributed by atoms with Gasteiger partial charge in [-0.2, -0.15) is 0 Å². The van der Waals surface area contributed by atoms with Gasteiger partial charge in [0.15, 0.2) is 0 Å². The Balaban J connectivity index is 1.40. The molecule has 2 aromatic rings. The average molecular weight is 632 g/mol. The number of alkyl halides is 1. The maximum absolute atomic E-state index is 14.2. The van der Waals surface area contributed by atoms with Crippen LogP contribution in [0.2, 0.25) is 0 Å². The van der Waals surface area contributed by atoms with Gasteiger partial charge in [-0.1, -0.05) is 25.0 Å². The molecule has 13 heteroatoms. The summed E-state index contributed by atoms with van der Waals surface area (Å²) in [6.45, 7) is 1.64. The smallest absolute Gasteiger partial charge is 0.407 e. The number of carbonyl (C=O) groups is 4. The van der Waals surface area contributed by atoms with Crippen LogP contribution in [-0.2, 0) is 20.7 Å². The lowest BCUT2D eigenvalue weighted by molar-refractivity contribution is -0.146. The van der Waals surface area contributed by atoms with Crippen molar-refractivity contribution in [3.63, 3.8) is 0 Å². The summed E-state index contributed by atoms with van der Waals surface area (Å²) in [4.78, 5) is 60.5. The second kappa shape index (κ2) is 14.4. The molecule has 232 valence electrons. The maximum Gasteiger partial charge on any atom is 0.407 e. The van der Waals surface area contributed by atoms with E-state index in [1.807, 2.05) is 18.2 Å². The monoisotopic (exact) mass is 631 g/mol. The minimum Gasteiger partial charge on any atom is -0.488 e. The molecule has 2 fully saturated rings. The summed E-state index contributed by atoms with van der Waals surface area (Å²) in [5.74, 6) is -0.281. The topological polar surface area (TPSA) is 130 Å². The van der Waals surface area contributed by atoms with E-state index in [0.29, 0.717) is 55.9 Å². The van der Waals surface area contributed by atoms with Crippen molar-refractivity contribution in [2.24, 2.45) is 11.8 Å². The summed E-state index contributed by atoms with van der Waals surface area (Å²) < 4.78 is 11.7. The van der Waals surface area contributed by atoms with Gasteiger partial charge in [0.2, 0.25) is 11.8 Å². The Labute approximate surface area is 260 Å². The lowest BCUT2D eigenvalue weighted by atomic mass is 9.77. The Kier molecular flexibility index (Phi) is 10.4. The van der Waals surface area contributed by atoms with Crippen molar-refractivity contribution in [1.82, 2.24) is 25.4 Å². The number of thiazole rings is 1. The molecular weight excluding hydrogens is 594 g/mol. The van der Waals surface area contributed by atoms with Crippen LogP contribution in [0.4, 0.5) is 4.79 Å². The molecule has 3 aliphatic rings. The molecule has 0 radical (unpaired) electrons. The number of amides is 4. The normalized spacial score (nSPS) is 23.3. The van der Waals surface area contributed by atoms with Crippen LogP contribution in [-0.4, -0.2) is 90.4 Å². The van der Waals surface area contributed by atoms with Gasteiger partial charge in [-0.25, -0.2) is 4.79 Å². The molecule has 1 saturated heterocycles. The van der Waals surface area contributed by atoms with Gasteiger partial charge in [0.05, 0.1) is 30.2 Å². The fourth-order valence-corrected chi connectivity index (χ4v) is 7.15. The molecule has 2 N–H and O–H groups in total. The van der Waals surface area contributed by atoms with Crippen LogP contribution in [0.15, 0.2) is 29.9 Å². The number of carbonyl (C=O) groups excluding carboxylic acids is 4.